The van der Waals surface area contributed by atoms with Gasteiger partial charge in [0.15, 0.2) is 0 Å². The lowest BCUT2D eigenvalue weighted by atomic mass is 10.1. The van der Waals surface area contributed by atoms with Crippen LogP contribution in [0, 0.1) is 13.0 Å². The molecule has 0 bridgehead atoms. The minimum atomic E-state index is 0.668. The van der Waals surface area contributed by atoms with E-state index < -0.39 is 0 Å². The molecule has 12 heavy (non-hydrogen) atoms. The molecule has 0 amide bonds. The van der Waals surface area contributed by atoms with E-state index in [9.17, 15) is 0 Å². The molecule has 0 saturated heterocycles. The van der Waals surface area contributed by atoms with Gasteiger partial charge in [-0.2, -0.15) is 0 Å². The average Bonchev–Trinajstić information content (AvgIpc) is 2.03. The second-order valence-corrected chi connectivity index (χ2v) is 3.20. The van der Waals surface area contributed by atoms with Crippen LogP contribution in [0.1, 0.15) is 5.56 Å². The number of fused-ring (bicyclic) bond motifs is 1. The maximum atomic E-state index is 5.79. The average molecular weight is 177 g/mol. The van der Waals surface area contributed by atoms with Crippen molar-refractivity contribution >= 4 is 22.5 Å². The number of hydrogen-bond donors (Lipinski definition) is 0. The van der Waals surface area contributed by atoms with Gasteiger partial charge in [-0.3, -0.25) is 4.98 Å². The van der Waals surface area contributed by atoms with E-state index in [0.717, 1.165) is 10.9 Å². The predicted molar refractivity (Wildman–Crippen MR) is 50.3 cm³/mol. The van der Waals surface area contributed by atoms with Gasteiger partial charge in [0.25, 0.3) is 0 Å². The molecule has 59 valence electrons. The standard InChI is InChI=1S/C10H7ClN/c1-7-2-3-10-8(4-7)5-9(11)6-12-10/h2,4-6H,1H3. The van der Waals surface area contributed by atoms with Crippen molar-refractivity contribution in [1.29, 1.82) is 0 Å². The first-order chi connectivity index (χ1) is 5.75. The predicted octanol–water partition coefficient (Wildman–Crippen LogP) is 3.00. The summed E-state index contributed by atoms with van der Waals surface area (Å²) in [4.78, 5) is 4.13. The maximum absolute atomic E-state index is 5.79. The number of halogens is 1. The Hall–Kier alpha value is -1.08. The first kappa shape index (κ1) is 7.56. The van der Waals surface area contributed by atoms with Gasteiger partial charge in [0.1, 0.15) is 0 Å². The van der Waals surface area contributed by atoms with E-state index in [0.29, 0.717) is 5.02 Å². The van der Waals surface area contributed by atoms with Crippen molar-refractivity contribution in [1.82, 2.24) is 4.98 Å². The van der Waals surface area contributed by atoms with Crippen LogP contribution >= 0.6 is 11.6 Å². The molecule has 0 unspecified atom stereocenters. The molecule has 1 heterocycles. The van der Waals surface area contributed by atoms with Gasteiger partial charge in [-0.15, -0.1) is 0 Å². The van der Waals surface area contributed by atoms with Gasteiger partial charge in [0, 0.05) is 17.6 Å². The number of aryl methyl sites for hydroxylation is 1. The lowest BCUT2D eigenvalue weighted by Crippen LogP contribution is -1.79. The highest BCUT2D eigenvalue weighted by Gasteiger charge is 1.95. The van der Waals surface area contributed by atoms with E-state index in [1.807, 2.05) is 25.1 Å². The van der Waals surface area contributed by atoms with E-state index in [1.165, 1.54) is 5.56 Å². The number of hydrogen-bond acceptors (Lipinski definition) is 1. The molecule has 0 saturated carbocycles. The van der Waals surface area contributed by atoms with Gasteiger partial charge < -0.3 is 0 Å². The fourth-order valence-electron chi connectivity index (χ4n) is 1.15. The van der Waals surface area contributed by atoms with Gasteiger partial charge in [0.05, 0.1) is 10.5 Å². The molecular formula is C10H7ClN. The Bertz CT molecular complexity index is 386. The summed E-state index contributed by atoms with van der Waals surface area (Å²) in [5.74, 6) is 0. The quantitative estimate of drug-likeness (QED) is 0.602. The van der Waals surface area contributed by atoms with Crippen molar-refractivity contribution in [2.24, 2.45) is 0 Å². The van der Waals surface area contributed by atoms with Crippen LogP contribution in [0.4, 0.5) is 0 Å². The molecule has 2 aromatic rings. The Kier molecular flexibility index (Phi) is 1.74. The SMILES string of the molecule is Cc1c[c]c2ncc(Cl)cc2c1. The molecule has 1 radical (unpaired) electrons. The van der Waals surface area contributed by atoms with E-state index >= 15 is 0 Å². The number of nitrogens with zero attached hydrogens (tertiary/aromatic N) is 1. The van der Waals surface area contributed by atoms with Gasteiger partial charge in [0.2, 0.25) is 0 Å². The third-order valence-electron chi connectivity index (χ3n) is 1.70. The lowest BCUT2D eigenvalue weighted by molar-refractivity contribution is 1.39. The molecule has 0 N–H and O–H groups in total. The summed E-state index contributed by atoms with van der Waals surface area (Å²) in [5.41, 5.74) is 2.04. The molecule has 2 heteroatoms. The number of aromatic nitrogens is 1. The fourth-order valence-corrected chi connectivity index (χ4v) is 1.32. The molecule has 0 fully saturated rings. The molecule has 1 nitrogen and oxygen atoms in total. The first-order valence-corrected chi connectivity index (χ1v) is 4.07. The highest BCUT2D eigenvalue weighted by molar-refractivity contribution is 6.31. The summed E-state index contributed by atoms with van der Waals surface area (Å²) in [6, 6.07) is 8.94. The second-order valence-electron chi connectivity index (χ2n) is 2.77. The second kappa shape index (κ2) is 2.76. The zero-order valence-corrected chi connectivity index (χ0v) is 7.39. The molecule has 2 rings (SSSR count). The minimum absolute atomic E-state index is 0.668. The molecule has 0 aliphatic rings. The minimum Gasteiger partial charge on any atom is -0.254 e. The van der Waals surface area contributed by atoms with Crippen LogP contribution in [0.15, 0.2) is 24.4 Å². The van der Waals surface area contributed by atoms with Gasteiger partial charge >= 0.3 is 0 Å². The monoisotopic (exact) mass is 176 g/mol. The van der Waals surface area contributed by atoms with Crippen molar-refractivity contribution in [3.05, 3.63) is 41.0 Å². The molecule has 0 aliphatic heterocycles. The summed E-state index contributed by atoms with van der Waals surface area (Å²) in [5, 5.41) is 1.71. The zero-order valence-electron chi connectivity index (χ0n) is 6.63. The Labute approximate surface area is 76.0 Å². The van der Waals surface area contributed by atoms with Crippen LogP contribution in [0.5, 0.6) is 0 Å². The van der Waals surface area contributed by atoms with E-state index in [4.69, 9.17) is 11.6 Å². The molecule has 0 spiro atoms. The van der Waals surface area contributed by atoms with Crippen molar-refractivity contribution in [3.63, 3.8) is 0 Å². The molecule has 1 aromatic carbocycles. The highest BCUT2D eigenvalue weighted by Crippen LogP contribution is 2.16. The Balaban J connectivity index is 2.80. The smallest absolute Gasteiger partial charge is 0.0782 e. The van der Waals surface area contributed by atoms with Crippen LogP contribution in [0.2, 0.25) is 5.02 Å². The number of pyridine rings is 1. The van der Waals surface area contributed by atoms with Gasteiger partial charge in [-0.25, -0.2) is 0 Å². The largest absolute Gasteiger partial charge is 0.254 e. The summed E-state index contributed by atoms with van der Waals surface area (Å²) in [7, 11) is 0. The summed E-state index contributed by atoms with van der Waals surface area (Å²) < 4.78 is 0. The van der Waals surface area contributed by atoms with Crippen molar-refractivity contribution in [2.45, 2.75) is 6.92 Å². The summed E-state index contributed by atoms with van der Waals surface area (Å²) >= 11 is 5.79. The Morgan fingerprint density at radius 1 is 1.42 bits per heavy atom. The maximum Gasteiger partial charge on any atom is 0.0782 e. The third kappa shape index (κ3) is 1.28. The summed E-state index contributed by atoms with van der Waals surface area (Å²) in [6.45, 7) is 2.02. The summed E-state index contributed by atoms with van der Waals surface area (Å²) in [6.07, 6.45) is 1.63. The van der Waals surface area contributed by atoms with E-state index in [1.54, 1.807) is 6.20 Å². The first-order valence-electron chi connectivity index (χ1n) is 3.69. The molecule has 0 aliphatic carbocycles. The topological polar surface area (TPSA) is 12.9 Å². The van der Waals surface area contributed by atoms with E-state index in [-0.39, 0.29) is 0 Å². The van der Waals surface area contributed by atoms with Crippen LogP contribution in [0.3, 0.4) is 0 Å². The Morgan fingerprint density at radius 2 is 2.25 bits per heavy atom. The van der Waals surface area contributed by atoms with Crippen molar-refractivity contribution in [2.75, 3.05) is 0 Å². The molecule has 1 aromatic heterocycles. The highest BCUT2D eigenvalue weighted by atomic mass is 35.5. The van der Waals surface area contributed by atoms with E-state index in [2.05, 4.69) is 11.1 Å². The number of benzene rings is 1. The zero-order chi connectivity index (χ0) is 8.55. The third-order valence-corrected chi connectivity index (χ3v) is 1.91. The molecular weight excluding hydrogens is 170 g/mol. The Morgan fingerprint density at radius 3 is 3.08 bits per heavy atom. The normalized spacial score (nSPS) is 10.5. The van der Waals surface area contributed by atoms with Crippen LogP contribution < -0.4 is 0 Å². The van der Waals surface area contributed by atoms with Gasteiger partial charge in [-0.1, -0.05) is 11.6 Å². The van der Waals surface area contributed by atoms with Crippen molar-refractivity contribution in [3.8, 4) is 0 Å². The van der Waals surface area contributed by atoms with Crippen LogP contribution in [-0.4, -0.2) is 4.98 Å². The molecule has 0 atom stereocenters. The van der Waals surface area contributed by atoms with Gasteiger partial charge in [-0.05, 0) is 30.7 Å². The van der Waals surface area contributed by atoms with Crippen LogP contribution in [-0.2, 0) is 0 Å². The lowest BCUT2D eigenvalue weighted by Gasteiger charge is -1.97. The number of rotatable bonds is 0. The fraction of sp³-hybridized carbons (Fsp3) is 0.100. The van der Waals surface area contributed by atoms with Crippen LogP contribution in [0.25, 0.3) is 10.9 Å². The van der Waals surface area contributed by atoms with Crippen molar-refractivity contribution < 1.29 is 0 Å².